The molecule has 2 aromatic carbocycles. The number of ether oxygens (including phenoxy) is 1. The van der Waals surface area contributed by atoms with Crippen molar-refractivity contribution in [3.63, 3.8) is 0 Å². The van der Waals surface area contributed by atoms with Gasteiger partial charge in [0, 0.05) is 29.4 Å². The summed E-state index contributed by atoms with van der Waals surface area (Å²) in [6, 6.07) is 18.8. The number of nitrogens with zero attached hydrogens (tertiary/aromatic N) is 1. The van der Waals surface area contributed by atoms with Gasteiger partial charge < -0.3 is 4.74 Å². The lowest BCUT2D eigenvalue weighted by molar-refractivity contribution is 0.135. The van der Waals surface area contributed by atoms with E-state index in [1.54, 1.807) is 11.1 Å². The van der Waals surface area contributed by atoms with E-state index in [4.69, 9.17) is 16.3 Å². The summed E-state index contributed by atoms with van der Waals surface area (Å²) in [7, 11) is 0. The van der Waals surface area contributed by atoms with Crippen molar-refractivity contribution in [2.45, 2.75) is 68.5 Å². The van der Waals surface area contributed by atoms with Crippen LogP contribution >= 0.6 is 11.6 Å². The topological polar surface area (TPSA) is 12.2 Å². The van der Waals surface area contributed by atoms with Gasteiger partial charge in [0.15, 0.2) is 0 Å². The average Bonchev–Trinajstić information content (AvgIpc) is 3.22. The van der Waals surface area contributed by atoms with Gasteiger partial charge in [-0.25, -0.2) is 0 Å². The van der Waals surface area contributed by atoms with Gasteiger partial charge >= 0.3 is 0 Å². The Bertz CT molecular complexity index is 914. The van der Waals surface area contributed by atoms with Crippen molar-refractivity contribution in [2.75, 3.05) is 12.5 Å². The van der Waals surface area contributed by atoms with Crippen molar-refractivity contribution in [1.29, 1.82) is 0 Å². The van der Waals surface area contributed by atoms with Crippen molar-refractivity contribution in [3.05, 3.63) is 65.2 Å². The first-order valence-electron chi connectivity index (χ1n) is 11.4. The number of halogens is 1. The van der Waals surface area contributed by atoms with E-state index in [0.717, 1.165) is 37.3 Å². The lowest BCUT2D eigenvalue weighted by atomic mass is 9.60. The average molecular weight is 408 g/mol. The van der Waals surface area contributed by atoms with Gasteiger partial charge in [0.25, 0.3) is 0 Å². The first-order valence-corrected chi connectivity index (χ1v) is 11.9. The van der Waals surface area contributed by atoms with Crippen LogP contribution in [0.1, 0.15) is 55.2 Å². The summed E-state index contributed by atoms with van der Waals surface area (Å²) >= 11 is 5.83. The molecule has 0 amide bonds. The van der Waals surface area contributed by atoms with Crippen molar-refractivity contribution < 1.29 is 4.74 Å². The van der Waals surface area contributed by atoms with Gasteiger partial charge in [-0.15, -0.1) is 11.6 Å². The Balaban J connectivity index is 1.34. The van der Waals surface area contributed by atoms with Gasteiger partial charge in [0.1, 0.15) is 5.75 Å². The van der Waals surface area contributed by atoms with Crippen LogP contribution in [0.3, 0.4) is 0 Å². The summed E-state index contributed by atoms with van der Waals surface area (Å²) < 4.78 is 6.04. The zero-order chi connectivity index (χ0) is 19.5. The number of piperidine rings is 1. The number of likely N-dealkylation sites (tertiary alicyclic amines) is 1. The van der Waals surface area contributed by atoms with E-state index in [0.29, 0.717) is 16.8 Å². The van der Waals surface area contributed by atoms with E-state index in [1.807, 2.05) is 0 Å². The summed E-state index contributed by atoms with van der Waals surface area (Å²) in [6.07, 6.45) is 9.04. The second-order valence-electron chi connectivity index (χ2n) is 9.73. The minimum Gasteiger partial charge on any atom is -0.494 e. The molecule has 2 saturated carbocycles. The summed E-state index contributed by atoms with van der Waals surface area (Å²) in [5, 5.41) is 0. The van der Waals surface area contributed by atoms with E-state index in [-0.39, 0.29) is 0 Å². The van der Waals surface area contributed by atoms with E-state index in [9.17, 15) is 0 Å². The number of benzene rings is 2. The fourth-order valence-corrected chi connectivity index (χ4v) is 7.43. The molecule has 0 radical (unpaired) electrons. The molecule has 1 aliphatic heterocycles. The molecule has 3 heteroatoms. The molecule has 1 heterocycles. The summed E-state index contributed by atoms with van der Waals surface area (Å²) in [4.78, 5) is 2.85. The van der Waals surface area contributed by atoms with Gasteiger partial charge in [-0.2, -0.15) is 0 Å². The van der Waals surface area contributed by atoms with Crippen LogP contribution in [0, 0.1) is 5.92 Å². The van der Waals surface area contributed by atoms with Crippen LogP contribution in [0.2, 0.25) is 0 Å². The Hall–Kier alpha value is -1.51. The first-order chi connectivity index (χ1) is 14.3. The van der Waals surface area contributed by atoms with Crippen molar-refractivity contribution in [3.8, 4) is 5.75 Å². The zero-order valence-corrected chi connectivity index (χ0v) is 17.8. The summed E-state index contributed by atoms with van der Waals surface area (Å²) in [5.74, 6) is 2.53. The standard InChI is InChI=1S/C26H30ClNO/c27-13-6-14-29-21-11-10-20-16-26-18-25(23(20)15-21)12-5-4-9-22(25)24(26)28(26)17-19-7-2-1-3-8-19/h1-3,7-8,10-11,15,22,24H,4-6,9,12-14,16-18H2. The highest BCUT2D eigenvalue weighted by molar-refractivity contribution is 6.17. The molecule has 3 fully saturated rings. The predicted octanol–water partition coefficient (Wildman–Crippen LogP) is 5.71. The van der Waals surface area contributed by atoms with Crippen LogP contribution in [0.25, 0.3) is 0 Å². The molecule has 0 aromatic heterocycles. The molecule has 29 heavy (non-hydrogen) atoms. The fourth-order valence-electron chi connectivity index (χ4n) is 7.32. The van der Waals surface area contributed by atoms with E-state index >= 15 is 0 Å². The molecule has 152 valence electrons. The molecule has 6 rings (SSSR count). The molecule has 2 nitrogen and oxygen atoms in total. The van der Waals surface area contributed by atoms with Gasteiger partial charge in [-0.1, -0.05) is 49.2 Å². The van der Waals surface area contributed by atoms with Crippen LogP contribution in [0.15, 0.2) is 48.5 Å². The molecule has 5 atom stereocenters. The third-order valence-electron chi connectivity index (χ3n) is 8.35. The molecule has 2 aromatic rings. The van der Waals surface area contributed by atoms with Crippen LogP contribution in [-0.4, -0.2) is 29.0 Å². The minimum absolute atomic E-state index is 0.398. The Kier molecular flexibility index (Phi) is 4.25. The molecule has 1 saturated heterocycles. The van der Waals surface area contributed by atoms with Crippen LogP contribution in [-0.2, 0) is 18.4 Å². The monoisotopic (exact) mass is 407 g/mol. The highest BCUT2D eigenvalue weighted by atomic mass is 35.5. The molecule has 2 spiro atoms. The van der Waals surface area contributed by atoms with Crippen LogP contribution in [0.4, 0.5) is 0 Å². The van der Waals surface area contributed by atoms with Crippen molar-refractivity contribution >= 4 is 11.6 Å². The number of hydrogen-bond donors (Lipinski definition) is 0. The molecular formula is C26H30ClNO. The second-order valence-corrected chi connectivity index (χ2v) is 10.1. The smallest absolute Gasteiger partial charge is 0.119 e. The maximum Gasteiger partial charge on any atom is 0.119 e. The Morgan fingerprint density at radius 3 is 2.86 bits per heavy atom. The third kappa shape index (κ3) is 2.65. The van der Waals surface area contributed by atoms with E-state index in [2.05, 4.69) is 53.4 Å². The van der Waals surface area contributed by atoms with E-state index in [1.165, 1.54) is 44.1 Å². The van der Waals surface area contributed by atoms with Gasteiger partial charge in [0.05, 0.1) is 6.61 Å². The highest BCUT2D eigenvalue weighted by Crippen LogP contribution is 2.72. The molecule has 2 bridgehead atoms. The Labute approximate surface area is 179 Å². The quantitative estimate of drug-likeness (QED) is 0.345. The summed E-state index contributed by atoms with van der Waals surface area (Å²) in [5.41, 5.74) is 5.49. The molecule has 4 aliphatic rings. The SMILES string of the molecule is ClCCCOc1ccc2c(c1)C13CCCCC1C1N(Cc4ccccc4)C1(C2)C3. The van der Waals surface area contributed by atoms with Crippen molar-refractivity contribution in [1.82, 2.24) is 4.90 Å². The minimum atomic E-state index is 0.398. The van der Waals surface area contributed by atoms with Gasteiger partial charge in [-0.3, -0.25) is 4.90 Å². The molecular weight excluding hydrogens is 378 g/mol. The fraction of sp³-hybridized carbons (Fsp3) is 0.538. The van der Waals surface area contributed by atoms with Crippen molar-refractivity contribution in [2.24, 2.45) is 5.92 Å². The number of fused-ring (bicyclic) bond motifs is 2. The number of alkyl halides is 1. The Morgan fingerprint density at radius 2 is 2.00 bits per heavy atom. The Morgan fingerprint density at radius 1 is 1.10 bits per heavy atom. The lowest BCUT2D eigenvalue weighted by Gasteiger charge is -2.47. The second kappa shape index (κ2) is 6.75. The number of rotatable bonds is 6. The first kappa shape index (κ1) is 18.3. The highest BCUT2D eigenvalue weighted by Gasteiger charge is 2.77. The maximum atomic E-state index is 6.04. The predicted molar refractivity (Wildman–Crippen MR) is 118 cm³/mol. The summed E-state index contributed by atoms with van der Waals surface area (Å²) in [6.45, 7) is 1.84. The van der Waals surface area contributed by atoms with Crippen LogP contribution < -0.4 is 4.74 Å². The molecule has 5 unspecified atom stereocenters. The third-order valence-corrected chi connectivity index (χ3v) is 8.62. The van der Waals surface area contributed by atoms with Gasteiger partial charge in [-0.05, 0) is 66.8 Å². The van der Waals surface area contributed by atoms with E-state index < -0.39 is 0 Å². The zero-order valence-electron chi connectivity index (χ0n) is 17.1. The molecule has 0 N–H and O–H groups in total. The normalized spacial score (nSPS) is 36.1. The largest absolute Gasteiger partial charge is 0.494 e. The van der Waals surface area contributed by atoms with Crippen LogP contribution in [0.5, 0.6) is 5.75 Å². The maximum absolute atomic E-state index is 6.04. The molecule has 3 aliphatic carbocycles. The number of hydrogen-bond acceptors (Lipinski definition) is 2. The lowest BCUT2D eigenvalue weighted by Crippen LogP contribution is -2.44. The van der Waals surface area contributed by atoms with Gasteiger partial charge in [0.2, 0.25) is 0 Å².